The van der Waals surface area contributed by atoms with E-state index in [0.717, 1.165) is 6.42 Å². The molecule has 2 aromatic rings. The Morgan fingerprint density at radius 3 is 2.90 bits per heavy atom. The minimum Gasteiger partial charge on any atom is -0.481 e. The van der Waals surface area contributed by atoms with Gasteiger partial charge in [0, 0.05) is 19.2 Å². The molecule has 0 aliphatic rings. The monoisotopic (exact) mass is 295 g/mol. The molecule has 0 aromatic carbocycles. The van der Waals surface area contributed by atoms with Crippen LogP contribution in [-0.4, -0.2) is 36.3 Å². The van der Waals surface area contributed by atoms with Crippen molar-refractivity contribution in [3.05, 3.63) is 23.4 Å². The summed E-state index contributed by atoms with van der Waals surface area (Å²) in [6.45, 7) is 2.38. The lowest BCUT2D eigenvalue weighted by molar-refractivity contribution is -0.138. The van der Waals surface area contributed by atoms with Gasteiger partial charge in [-0.1, -0.05) is 24.9 Å². The maximum Gasteiger partial charge on any atom is 0.303 e. The number of aliphatic carboxylic acids is 1. The summed E-state index contributed by atoms with van der Waals surface area (Å²) in [4.78, 5) is 15.0. The number of tetrazole rings is 1. The van der Waals surface area contributed by atoms with Crippen molar-refractivity contribution in [1.29, 1.82) is 0 Å². The van der Waals surface area contributed by atoms with Crippen molar-refractivity contribution in [1.82, 2.24) is 25.2 Å². The van der Waals surface area contributed by atoms with Crippen LogP contribution in [0.1, 0.15) is 19.8 Å². The van der Waals surface area contributed by atoms with Crippen molar-refractivity contribution in [3.63, 3.8) is 0 Å². The summed E-state index contributed by atoms with van der Waals surface area (Å²) >= 11 is 5.79. The van der Waals surface area contributed by atoms with Gasteiger partial charge in [0.1, 0.15) is 5.69 Å². The van der Waals surface area contributed by atoms with Crippen LogP contribution in [0.2, 0.25) is 5.02 Å². The van der Waals surface area contributed by atoms with E-state index in [1.807, 2.05) is 6.92 Å². The Morgan fingerprint density at radius 2 is 2.30 bits per heavy atom. The quantitative estimate of drug-likeness (QED) is 0.874. The first-order valence-electron chi connectivity index (χ1n) is 6.20. The van der Waals surface area contributed by atoms with Crippen molar-refractivity contribution in [3.8, 4) is 11.5 Å². The molecule has 8 heteroatoms. The van der Waals surface area contributed by atoms with E-state index >= 15 is 0 Å². The summed E-state index contributed by atoms with van der Waals surface area (Å²) in [6, 6.07) is 3.43. The molecule has 1 N–H and O–H groups in total. The Hall–Kier alpha value is -2.02. The molecule has 2 rings (SSSR count). The van der Waals surface area contributed by atoms with Crippen molar-refractivity contribution in [2.75, 3.05) is 0 Å². The largest absolute Gasteiger partial charge is 0.481 e. The van der Waals surface area contributed by atoms with Gasteiger partial charge in [0.05, 0.1) is 5.02 Å². The smallest absolute Gasteiger partial charge is 0.303 e. The minimum atomic E-state index is -0.823. The van der Waals surface area contributed by atoms with Crippen molar-refractivity contribution < 1.29 is 9.90 Å². The van der Waals surface area contributed by atoms with Gasteiger partial charge in [0.25, 0.3) is 0 Å². The first kappa shape index (κ1) is 14.4. The average Bonchev–Trinajstić information content (AvgIpc) is 2.86. The topological polar surface area (TPSA) is 93.8 Å². The SMILES string of the molecule is CCC(CC(=O)O)Cn1nnnc1-c1ccc(Cl)cn1. The zero-order valence-corrected chi connectivity index (χ0v) is 11.7. The van der Waals surface area contributed by atoms with Gasteiger partial charge in [-0.3, -0.25) is 9.78 Å². The molecular weight excluding hydrogens is 282 g/mol. The third-order valence-corrected chi connectivity index (χ3v) is 3.18. The number of carboxylic acids is 1. The summed E-state index contributed by atoms with van der Waals surface area (Å²) in [5, 5.41) is 20.9. The van der Waals surface area contributed by atoms with E-state index < -0.39 is 5.97 Å². The van der Waals surface area contributed by atoms with Crippen molar-refractivity contribution in [2.24, 2.45) is 5.92 Å². The highest BCUT2D eigenvalue weighted by Crippen LogP contribution is 2.18. The Balaban J connectivity index is 2.19. The molecular formula is C12H14ClN5O2. The van der Waals surface area contributed by atoms with Gasteiger partial charge in [-0.25, -0.2) is 4.68 Å². The van der Waals surface area contributed by atoms with Crippen LogP contribution in [0.5, 0.6) is 0 Å². The lowest BCUT2D eigenvalue weighted by Gasteiger charge is -2.12. The molecule has 20 heavy (non-hydrogen) atoms. The molecule has 0 radical (unpaired) electrons. The molecule has 2 aromatic heterocycles. The minimum absolute atomic E-state index is 0.0259. The molecule has 7 nitrogen and oxygen atoms in total. The van der Waals surface area contributed by atoms with Crippen LogP contribution in [0.4, 0.5) is 0 Å². The molecule has 0 fully saturated rings. The molecule has 106 valence electrons. The van der Waals surface area contributed by atoms with E-state index in [9.17, 15) is 4.79 Å². The third-order valence-electron chi connectivity index (χ3n) is 2.96. The first-order chi connectivity index (χ1) is 9.60. The van der Waals surface area contributed by atoms with E-state index in [0.29, 0.717) is 23.1 Å². The molecule has 0 aliphatic heterocycles. The van der Waals surface area contributed by atoms with Gasteiger partial charge >= 0.3 is 5.97 Å². The Labute approximate surface area is 120 Å². The number of aromatic nitrogens is 5. The number of hydrogen-bond donors (Lipinski definition) is 1. The van der Waals surface area contributed by atoms with Crippen LogP contribution < -0.4 is 0 Å². The second kappa shape index (κ2) is 6.42. The van der Waals surface area contributed by atoms with Gasteiger partial charge in [-0.05, 0) is 28.5 Å². The van der Waals surface area contributed by atoms with Gasteiger partial charge in [-0.15, -0.1) is 5.10 Å². The Kier molecular flexibility index (Phi) is 4.62. The maximum absolute atomic E-state index is 10.8. The Morgan fingerprint density at radius 1 is 1.50 bits per heavy atom. The lowest BCUT2D eigenvalue weighted by Crippen LogP contribution is -2.16. The highest BCUT2D eigenvalue weighted by Gasteiger charge is 2.17. The van der Waals surface area contributed by atoms with Crippen LogP contribution in [0.25, 0.3) is 11.5 Å². The van der Waals surface area contributed by atoms with E-state index in [1.165, 1.54) is 6.20 Å². The number of carbonyl (C=O) groups is 1. The van der Waals surface area contributed by atoms with E-state index in [1.54, 1.807) is 16.8 Å². The van der Waals surface area contributed by atoms with E-state index in [2.05, 4.69) is 20.5 Å². The molecule has 0 bridgehead atoms. The molecule has 0 saturated heterocycles. The fourth-order valence-electron chi connectivity index (χ4n) is 1.85. The number of rotatable bonds is 6. The summed E-state index contributed by atoms with van der Waals surface area (Å²) < 4.78 is 1.58. The van der Waals surface area contributed by atoms with E-state index in [-0.39, 0.29) is 12.3 Å². The zero-order valence-electron chi connectivity index (χ0n) is 10.9. The van der Waals surface area contributed by atoms with Gasteiger partial charge in [-0.2, -0.15) is 0 Å². The first-order valence-corrected chi connectivity index (χ1v) is 6.57. The third kappa shape index (κ3) is 3.51. The highest BCUT2D eigenvalue weighted by molar-refractivity contribution is 6.30. The van der Waals surface area contributed by atoms with Gasteiger partial charge < -0.3 is 5.11 Å². The predicted octanol–water partition coefficient (Wildman–Crippen LogP) is 1.89. The Bertz CT molecular complexity index is 584. The fourth-order valence-corrected chi connectivity index (χ4v) is 1.96. The van der Waals surface area contributed by atoms with Gasteiger partial charge in [0.15, 0.2) is 0 Å². The molecule has 0 saturated carbocycles. The predicted molar refractivity (Wildman–Crippen MR) is 72.1 cm³/mol. The average molecular weight is 296 g/mol. The van der Waals surface area contributed by atoms with Gasteiger partial charge in [0.2, 0.25) is 5.82 Å². The second-order valence-corrected chi connectivity index (χ2v) is 4.85. The molecule has 0 aliphatic carbocycles. The molecule has 2 heterocycles. The van der Waals surface area contributed by atoms with Crippen LogP contribution in [0, 0.1) is 5.92 Å². The number of hydrogen-bond acceptors (Lipinski definition) is 5. The standard InChI is InChI=1S/C12H14ClN5O2/c1-2-8(5-11(19)20)7-18-12(15-16-17-18)10-4-3-9(13)6-14-10/h3-4,6,8H,2,5,7H2,1H3,(H,19,20). The second-order valence-electron chi connectivity index (χ2n) is 4.42. The van der Waals surface area contributed by atoms with E-state index in [4.69, 9.17) is 16.7 Å². The number of carboxylic acid groups (broad SMARTS) is 1. The maximum atomic E-state index is 10.8. The van der Waals surface area contributed by atoms with Crippen LogP contribution in [0.15, 0.2) is 18.3 Å². The van der Waals surface area contributed by atoms with Crippen LogP contribution in [0.3, 0.4) is 0 Å². The number of nitrogens with zero attached hydrogens (tertiary/aromatic N) is 5. The fraction of sp³-hybridized carbons (Fsp3) is 0.417. The lowest BCUT2D eigenvalue weighted by atomic mass is 10.0. The van der Waals surface area contributed by atoms with Crippen molar-refractivity contribution >= 4 is 17.6 Å². The normalized spacial score (nSPS) is 12.3. The summed E-state index contributed by atoms with van der Waals surface area (Å²) in [7, 11) is 0. The van der Waals surface area contributed by atoms with Crippen molar-refractivity contribution in [2.45, 2.75) is 26.3 Å². The van der Waals surface area contributed by atoms with Crippen LogP contribution in [-0.2, 0) is 11.3 Å². The summed E-state index contributed by atoms with van der Waals surface area (Å²) in [6.07, 6.45) is 2.34. The summed E-state index contributed by atoms with van der Waals surface area (Å²) in [5.41, 5.74) is 0.601. The number of pyridine rings is 1. The summed E-state index contributed by atoms with van der Waals surface area (Å²) in [5.74, 6) is -0.344. The zero-order chi connectivity index (χ0) is 14.5. The molecule has 0 spiro atoms. The highest BCUT2D eigenvalue weighted by atomic mass is 35.5. The molecule has 1 atom stereocenters. The molecule has 1 unspecified atom stereocenters. The number of halogens is 1. The molecule has 0 amide bonds. The van der Waals surface area contributed by atoms with Crippen LogP contribution >= 0.6 is 11.6 Å².